The molecular weight excluding hydrogens is 272 g/mol. The van der Waals surface area contributed by atoms with E-state index < -0.39 is 0 Å². The van der Waals surface area contributed by atoms with Crippen LogP contribution < -0.4 is 5.32 Å². The average Bonchev–Trinajstić information content (AvgIpc) is 3.10. The maximum absolute atomic E-state index is 4.31. The Hall–Kier alpha value is -1.00. The third kappa shape index (κ3) is 3.51. The van der Waals surface area contributed by atoms with Gasteiger partial charge in [0.25, 0.3) is 0 Å². The molecule has 0 aliphatic heterocycles. The average molecular weight is 290 g/mol. The summed E-state index contributed by atoms with van der Waals surface area (Å²) in [7, 11) is 0. The van der Waals surface area contributed by atoms with E-state index in [0.29, 0.717) is 0 Å². The van der Waals surface area contributed by atoms with Gasteiger partial charge in [0.2, 0.25) is 0 Å². The largest absolute Gasteiger partial charge is 0.378 e. The van der Waals surface area contributed by atoms with E-state index >= 15 is 0 Å². The molecule has 2 nitrogen and oxygen atoms in total. The third-order valence-electron chi connectivity index (χ3n) is 3.40. The van der Waals surface area contributed by atoms with Gasteiger partial charge in [-0.15, -0.1) is 23.1 Å². The van der Waals surface area contributed by atoms with Gasteiger partial charge in [0.15, 0.2) is 0 Å². The number of anilines is 1. The van der Waals surface area contributed by atoms with E-state index in [1.807, 2.05) is 23.3 Å². The van der Waals surface area contributed by atoms with Crippen LogP contribution in [-0.4, -0.2) is 10.2 Å². The molecule has 0 spiro atoms. The smallest absolute Gasteiger partial charge is 0.112 e. The number of nitrogens with one attached hydrogen (secondary N) is 1. The standard InChI is InChI=1S/C15H18N2S2/c1-2-6-12(5-1)19-14-8-4-3-7-13(14)17-11-15-16-9-10-18-15/h3-4,7-10,12,17H,1-2,5-6,11H2. The van der Waals surface area contributed by atoms with Gasteiger partial charge in [-0.25, -0.2) is 4.98 Å². The molecule has 1 aliphatic carbocycles. The van der Waals surface area contributed by atoms with Gasteiger partial charge in [-0.2, -0.15) is 0 Å². The summed E-state index contributed by atoms with van der Waals surface area (Å²) < 4.78 is 0. The minimum absolute atomic E-state index is 0.808. The van der Waals surface area contributed by atoms with E-state index in [-0.39, 0.29) is 0 Å². The van der Waals surface area contributed by atoms with Crippen molar-refractivity contribution >= 4 is 28.8 Å². The zero-order valence-corrected chi connectivity index (χ0v) is 12.5. The summed E-state index contributed by atoms with van der Waals surface area (Å²) in [5.41, 5.74) is 1.25. The highest BCUT2D eigenvalue weighted by atomic mass is 32.2. The van der Waals surface area contributed by atoms with Crippen LogP contribution in [0.15, 0.2) is 40.7 Å². The van der Waals surface area contributed by atoms with E-state index in [4.69, 9.17) is 0 Å². The molecule has 0 radical (unpaired) electrons. The molecule has 4 heteroatoms. The van der Waals surface area contributed by atoms with Gasteiger partial charge < -0.3 is 5.32 Å². The van der Waals surface area contributed by atoms with Crippen molar-refractivity contribution in [3.05, 3.63) is 40.8 Å². The highest BCUT2D eigenvalue weighted by Gasteiger charge is 2.17. The molecule has 1 heterocycles. The normalized spacial score (nSPS) is 15.8. The van der Waals surface area contributed by atoms with Crippen molar-refractivity contribution in [1.29, 1.82) is 0 Å². The van der Waals surface area contributed by atoms with Gasteiger partial charge in [0, 0.05) is 27.4 Å². The SMILES string of the molecule is c1ccc(SC2CCCC2)c(NCc2nccs2)c1. The number of rotatable bonds is 5. The first kappa shape index (κ1) is 13.0. The Balaban J connectivity index is 1.66. The van der Waals surface area contributed by atoms with E-state index in [2.05, 4.69) is 34.6 Å². The Bertz CT molecular complexity index is 505. The van der Waals surface area contributed by atoms with E-state index in [1.165, 1.54) is 36.3 Å². The van der Waals surface area contributed by atoms with Crippen molar-refractivity contribution in [3.63, 3.8) is 0 Å². The second kappa shape index (κ2) is 6.44. The molecule has 3 rings (SSSR count). The molecule has 0 amide bonds. The van der Waals surface area contributed by atoms with Gasteiger partial charge in [0.1, 0.15) is 5.01 Å². The molecule has 1 saturated carbocycles. The topological polar surface area (TPSA) is 24.9 Å². The predicted molar refractivity (Wildman–Crippen MR) is 84.0 cm³/mol. The number of nitrogens with zero attached hydrogens (tertiary/aromatic N) is 1. The molecule has 2 aromatic rings. The summed E-state index contributed by atoms with van der Waals surface area (Å²) in [5, 5.41) is 7.49. The van der Waals surface area contributed by atoms with Crippen LogP contribution >= 0.6 is 23.1 Å². The van der Waals surface area contributed by atoms with Gasteiger partial charge in [-0.3, -0.25) is 0 Å². The molecule has 0 atom stereocenters. The Kier molecular flexibility index (Phi) is 4.41. The molecule has 1 N–H and O–H groups in total. The van der Waals surface area contributed by atoms with Crippen molar-refractivity contribution in [2.45, 2.75) is 42.4 Å². The highest BCUT2D eigenvalue weighted by molar-refractivity contribution is 8.00. The minimum Gasteiger partial charge on any atom is -0.378 e. The number of aromatic nitrogens is 1. The number of para-hydroxylation sites is 1. The summed E-state index contributed by atoms with van der Waals surface area (Å²) in [5.74, 6) is 0. The summed E-state index contributed by atoms with van der Waals surface area (Å²) in [6.45, 7) is 0.819. The van der Waals surface area contributed by atoms with Crippen LogP contribution in [0.3, 0.4) is 0 Å². The molecule has 19 heavy (non-hydrogen) atoms. The number of benzene rings is 1. The van der Waals surface area contributed by atoms with Crippen LogP contribution in [0.1, 0.15) is 30.7 Å². The molecule has 0 bridgehead atoms. The lowest BCUT2D eigenvalue weighted by Crippen LogP contribution is -2.01. The number of thiazole rings is 1. The molecule has 1 aliphatic rings. The maximum Gasteiger partial charge on any atom is 0.112 e. The van der Waals surface area contributed by atoms with Crippen LogP contribution in [0.5, 0.6) is 0 Å². The van der Waals surface area contributed by atoms with Crippen LogP contribution in [0.2, 0.25) is 0 Å². The van der Waals surface area contributed by atoms with Crippen molar-refractivity contribution in [2.24, 2.45) is 0 Å². The molecule has 0 unspecified atom stereocenters. The lowest BCUT2D eigenvalue weighted by atomic mass is 10.3. The second-order valence-corrected chi connectivity index (χ2v) is 7.12. The maximum atomic E-state index is 4.31. The zero-order valence-electron chi connectivity index (χ0n) is 10.8. The fourth-order valence-electron chi connectivity index (χ4n) is 2.41. The molecular formula is C15H18N2S2. The van der Waals surface area contributed by atoms with Crippen LogP contribution in [0, 0.1) is 0 Å². The Morgan fingerprint density at radius 2 is 2.11 bits per heavy atom. The fourth-order valence-corrected chi connectivity index (χ4v) is 4.32. The number of thioether (sulfide) groups is 1. The van der Waals surface area contributed by atoms with Crippen molar-refractivity contribution < 1.29 is 0 Å². The van der Waals surface area contributed by atoms with Crippen molar-refractivity contribution in [2.75, 3.05) is 5.32 Å². The zero-order chi connectivity index (χ0) is 12.9. The molecule has 1 aromatic heterocycles. The minimum atomic E-state index is 0.808. The third-order valence-corrected chi connectivity index (χ3v) is 5.59. The molecule has 1 fully saturated rings. The summed E-state index contributed by atoms with van der Waals surface area (Å²) in [4.78, 5) is 5.69. The van der Waals surface area contributed by atoms with Crippen LogP contribution in [-0.2, 0) is 6.54 Å². The Morgan fingerprint density at radius 3 is 2.89 bits per heavy atom. The number of hydrogen-bond donors (Lipinski definition) is 1. The van der Waals surface area contributed by atoms with E-state index in [0.717, 1.165) is 16.8 Å². The van der Waals surface area contributed by atoms with Crippen LogP contribution in [0.25, 0.3) is 0 Å². The first-order valence-corrected chi connectivity index (χ1v) is 8.56. The van der Waals surface area contributed by atoms with Crippen molar-refractivity contribution in [3.8, 4) is 0 Å². The van der Waals surface area contributed by atoms with Crippen LogP contribution in [0.4, 0.5) is 5.69 Å². The molecule has 100 valence electrons. The van der Waals surface area contributed by atoms with Gasteiger partial charge in [-0.05, 0) is 25.0 Å². The first-order valence-electron chi connectivity index (χ1n) is 6.80. The van der Waals surface area contributed by atoms with Gasteiger partial charge >= 0.3 is 0 Å². The van der Waals surface area contributed by atoms with Gasteiger partial charge in [0.05, 0.1) is 6.54 Å². The Morgan fingerprint density at radius 1 is 1.26 bits per heavy atom. The lowest BCUT2D eigenvalue weighted by Gasteiger charge is -2.14. The van der Waals surface area contributed by atoms with E-state index in [9.17, 15) is 0 Å². The van der Waals surface area contributed by atoms with Gasteiger partial charge in [-0.1, -0.05) is 25.0 Å². The summed E-state index contributed by atoms with van der Waals surface area (Å²) >= 11 is 3.74. The van der Waals surface area contributed by atoms with Crippen molar-refractivity contribution in [1.82, 2.24) is 4.98 Å². The Labute approximate surface area is 122 Å². The monoisotopic (exact) mass is 290 g/mol. The predicted octanol–water partition coefficient (Wildman–Crippen LogP) is 4.79. The lowest BCUT2D eigenvalue weighted by molar-refractivity contribution is 0.886. The first-order chi connectivity index (χ1) is 9.42. The number of hydrogen-bond acceptors (Lipinski definition) is 4. The summed E-state index contributed by atoms with van der Waals surface area (Å²) in [6, 6.07) is 8.63. The highest BCUT2D eigenvalue weighted by Crippen LogP contribution is 2.38. The molecule has 0 saturated heterocycles. The quantitative estimate of drug-likeness (QED) is 0.857. The molecule has 1 aromatic carbocycles. The summed E-state index contributed by atoms with van der Waals surface area (Å²) in [6.07, 6.45) is 7.39. The second-order valence-electron chi connectivity index (χ2n) is 4.80. The van der Waals surface area contributed by atoms with E-state index in [1.54, 1.807) is 11.3 Å². The fraction of sp³-hybridized carbons (Fsp3) is 0.400.